The largest absolute Gasteiger partial charge is 0.272 e. The molecule has 3 aromatic rings. The Morgan fingerprint density at radius 3 is 2.71 bits per heavy atom. The second-order valence-electron chi connectivity index (χ2n) is 7.76. The van der Waals surface area contributed by atoms with E-state index >= 15 is 0 Å². The zero-order valence-electron chi connectivity index (χ0n) is 16.4. The molecule has 0 aliphatic heterocycles. The first-order valence-electron chi connectivity index (χ1n) is 10.2. The molecule has 4 heteroatoms. The van der Waals surface area contributed by atoms with Gasteiger partial charge in [-0.3, -0.25) is 9.78 Å². The van der Waals surface area contributed by atoms with E-state index < -0.39 is 0 Å². The van der Waals surface area contributed by atoms with Crippen molar-refractivity contribution in [3.63, 3.8) is 0 Å². The van der Waals surface area contributed by atoms with Crippen molar-refractivity contribution in [2.45, 2.75) is 39.0 Å². The minimum atomic E-state index is -0.0448. The molecule has 1 amide bonds. The fourth-order valence-corrected chi connectivity index (χ4v) is 3.98. The Bertz CT molecular complexity index is 963. The highest BCUT2D eigenvalue weighted by atomic mass is 16.2. The topological polar surface area (TPSA) is 45.2 Å². The van der Waals surface area contributed by atoms with Gasteiger partial charge in [-0.1, -0.05) is 55.2 Å². The third-order valence-corrected chi connectivity index (χ3v) is 5.57. The molecule has 0 bridgehead atoms. The first-order chi connectivity index (χ1) is 13.7. The molecule has 1 heterocycles. The van der Waals surface area contributed by atoms with E-state index in [-0.39, 0.29) is 5.91 Å². The molecular weight excluding hydrogens is 346 g/mol. The predicted octanol–water partition coefficient (Wildman–Crippen LogP) is 5.27. The maximum Gasteiger partial charge on any atom is 0.272 e. The van der Waals surface area contributed by atoms with Crippen LogP contribution in [0.3, 0.4) is 0 Å². The number of anilines is 1. The van der Waals surface area contributed by atoms with Crippen LogP contribution in [-0.2, 0) is 0 Å². The zero-order valence-corrected chi connectivity index (χ0v) is 16.4. The molecule has 1 aliphatic carbocycles. The number of benzene rings is 2. The Kier molecular flexibility index (Phi) is 5.68. The summed E-state index contributed by atoms with van der Waals surface area (Å²) in [6, 6.07) is 17.8. The molecule has 28 heavy (non-hydrogen) atoms. The van der Waals surface area contributed by atoms with Gasteiger partial charge in [0.1, 0.15) is 0 Å². The summed E-state index contributed by atoms with van der Waals surface area (Å²) in [6.07, 6.45) is 8.15. The van der Waals surface area contributed by atoms with Gasteiger partial charge in [0.2, 0.25) is 0 Å². The molecule has 144 valence electrons. The van der Waals surface area contributed by atoms with Crippen LogP contribution in [0.5, 0.6) is 0 Å². The number of nitrogens with one attached hydrogen (secondary N) is 1. The van der Waals surface area contributed by atoms with Gasteiger partial charge in [-0.2, -0.15) is 0 Å². The summed E-state index contributed by atoms with van der Waals surface area (Å²) in [5, 5.41) is 2.71. The van der Waals surface area contributed by atoms with Crippen molar-refractivity contribution in [2.75, 3.05) is 11.6 Å². The summed E-state index contributed by atoms with van der Waals surface area (Å²) >= 11 is 0. The van der Waals surface area contributed by atoms with Gasteiger partial charge >= 0.3 is 0 Å². The van der Waals surface area contributed by atoms with E-state index in [4.69, 9.17) is 0 Å². The molecule has 1 fully saturated rings. The molecule has 2 aromatic carbocycles. The molecule has 0 spiro atoms. The zero-order chi connectivity index (χ0) is 19.3. The van der Waals surface area contributed by atoms with Crippen LogP contribution in [0, 0.1) is 12.8 Å². The average molecular weight is 374 g/mol. The van der Waals surface area contributed by atoms with Crippen molar-refractivity contribution in [3.8, 4) is 0 Å². The van der Waals surface area contributed by atoms with Crippen molar-refractivity contribution >= 4 is 22.5 Å². The van der Waals surface area contributed by atoms with Crippen LogP contribution in [0.4, 0.5) is 5.69 Å². The van der Waals surface area contributed by atoms with Gasteiger partial charge in [0.05, 0.1) is 17.4 Å². The number of nitrogens with zero attached hydrogens (tertiary/aromatic N) is 2. The van der Waals surface area contributed by atoms with E-state index in [9.17, 15) is 4.79 Å². The summed E-state index contributed by atoms with van der Waals surface area (Å²) in [4.78, 5) is 17.9. The lowest BCUT2D eigenvalue weighted by Gasteiger charge is -2.28. The Balaban J connectivity index is 1.63. The second kappa shape index (κ2) is 8.53. The molecule has 1 saturated carbocycles. The smallest absolute Gasteiger partial charge is 0.267 e. The van der Waals surface area contributed by atoms with Gasteiger partial charge in [-0.25, -0.2) is 10.4 Å². The highest BCUT2D eigenvalue weighted by Crippen LogP contribution is 2.24. The number of pyridine rings is 1. The molecule has 4 nitrogen and oxygen atoms in total. The third-order valence-electron chi connectivity index (χ3n) is 5.57. The van der Waals surface area contributed by atoms with Crippen LogP contribution in [0.25, 0.3) is 10.9 Å². The molecule has 0 atom stereocenters. The molecule has 0 unspecified atom stereocenters. The van der Waals surface area contributed by atoms with E-state index in [0.717, 1.165) is 28.7 Å². The lowest BCUT2D eigenvalue weighted by Crippen LogP contribution is -2.45. The number of aromatic nitrogens is 1. The van der Waals surface area contributed by atoms with Gasteiger partial charge < -0.3 is 0 Å². The van der Waals surface area contributed by atoms with Crippen molar-refractivity contribution in [1.29, 1.82) is 0 Å². The molecule has 0 saturated heterocycles. The molecule has 1 N–H and O–H groups in total. The number of carbonyl (C=O) groups excluding carboxylic acids is 1. The Labute approximate surface area is 166 Å². The van der Waals surface area contributed by atoms with Crippen LogP contribution in [0.15, 0.2) is 60.8 Å². The summed E-state index contributed by atoms with van der Waals surface area (Å²) in [6.45, 7) is 2.82. The summed E-state index contributed by atoms with van der Waals surface area (Å²) in [7, 11) is 0. The first kappa shape index (κ1) is 18.6. The Hall–Kier alpha value is -2.72. The number of rotatable bonds is 5. The van der Waals surface area contributed by atoms with E-state index in [1.54, 1.807) is 11.2 Å². The second-order valence-corrected chi connectivity index (χ2v) is 7.76. The first-order valence-corrected chi connectivity index (χ1v) is 10.2. The molecule has 1 aliphatic rings. The van der Waals surface area contributed by atoms with E-state index in [0.29, 0.717) is 11.5 Å². The minimum absolute atomic E-state index is 0.0448. The van der Waals surface area contributed by atoms with Gasteiger partial charge in [-0.15, -0.1) is 0 Å². The fourth-order valence-electron chi connectivity index (χ4n) is 3.98. The number of aryl methyl sites for hydroxylation is 1. The number of hydrogen-bond acceptors (Lipinski definition) is 3. The average Bonchev–Trinajstić information content (AvgIpc) is 2.74. The molecule has 1 aromatic heterocycles. The van der Waals surface area contributed by atoms with E-state index in [1.807, 2.05) is 61.5 Å². The van der Waals surface area contributed by atoms with Crippen molar-refractivity contribution < 1.29 is 4.79 Å². The normalized spacial score (nSPS) is 14.9. The lowest BCUT2D eigenvalue weighted by atomic mass is 9.89. The van der Waals surface area contributed by atoms with Crippen LogP contribution in [0.1, 0.15) is 48.0 Å². The maximum absolute atomic E-state index is 13.3. The third kappa shape index (κ3) is 4.23. The van der Waals surface area contributed by atoms with Crippen molar-refractivity contribution in [2.24, 2.45) is 5.92 Å². The fraction of sp³-hybridized carbons (Fsp3) is 0.333. The molecule has 0 radical (unpaired) electrons. The predicted molar refractivity (Wildman–Crippen MR) is 114 cm³/mol. The number of para-hydroxylation sites is 1. The van der Waals surface area contributed by atoms with E-state index in [2.05, 4.69) is 10.4 Å². The summed E-state index contributed by atoms with van der Waals surface area (Å²) in [5.41, 5.74) is 6.91. The van der Waals surface area contributed by atoms with Crippen LogP contribution in [0.2, 0.25) is 0 Å². The Morgan fingerprint density at radius 2 is 1.89 bits per heavy atom. The molecule has 4 rings (SSSR count). The van der Waals surface area contributed by atoms with E-state index in [1.165, 1.54) is 32.1 Å². The minimum Gasteiger partial charge on any atom is -0.267 e. The van der Waals surface area contributed by atoms with Crippen LogP contribution < -0.4 is 10.4 Å². The van der Waals surface area contributed by atoms with Gasteiger partial charge in [-0.05, 0) is 49.9 Å². The van der Waals surface area contributed by atoms with Gasteiger partial charge in [0.15, 0.2) is 0 Å². The Morgan fingerprint density at radius 1 is 1.07 bits per heavy atom. The number of fused-ring (bicyclic) bond motifs is 1. The highest BCUT2D eigenvalue weighted by molar-refractivity contribution is 6.06. The molecular formula is C24H27N3O. The number of carbonyl (C=O) groups is 1. The standard InChI is InChI=1S/C24H27N3O/c1-18-8-7-12-21(14-18)24(28)27(26-16-19-9-3-2-4-10-19)22-15-20-11-5-6-13-23(20)25-17-22/h5-8,11-15,17,19,26H,2-4,9-10,16H2,1H3. The lowest BCUT2D eigenvalue weighted by molar-refractivity contribution is 0.0971. The SMILES string of the molecule is Cc1cccc(C(=O)N(NCC2CCCCC2)c2cnc3ccccc3c2)c1. The van der Waals surface area contributed by atoms with Crippen molar-refractivity contribution in [1.82, 2.24) is 10.4 Å². The summed E-state index contributed by atoms with van der Waals surface area (Å²) in [5.74, 6) is 0.576. The highest BCUT2D eigenvalue weighted by Gasteiger charge is 2.21. The van der Waals surface area contributed by atoms with Crippen LogP contribution in [-0.4, -0.2) is 17.4 Å². The maximum atomic E-state index is 13.3. The monoisotopic (exact) mass is 373 g/mol. The summed E-state index contributed by atoms with van der Waals surface area (Å²) < 4.78 is 0. The number of hydrazine groups is 1. The quantitative estimate of drug-likeness (QED) is 0.619. The van der Waals surface area contributed by atoms with Crippen LogP contribution >= 0.6 is 0 Å². The van der Waals surface area contributed by atoms with Gasteiger partial charge in [0.25, 0.3) is 5.91 Å². The number of amides is 1. The van der Waals surface area contributed by atoms with Gasteiger partial charge in [0, 0.05) is 17.5 Å². The van der Waals surface area contributed by atoms with Crippen molar-refractivity contribution in [3.05, 3.63) is 71.9 Å². The number of hydrogen-bond donors (Lipinski definition) is 1.